The van der Waals surface area contributed by atoms with Crippen molar-refractivity contribution in [2.45, 2.75) is 44.7 Å². The summed E-state index contributed by atoms with van der Waals surface area (Å²) >= 11 is 0. The van der Waals surface area contributed by atoms with Crippen LogP contribution in [0.15, 0.2) is 42.6 Å². The van der Waals surface area contributed by atoms with Gasteiger partial charge >= 0.3 is 0 Å². The summed E-state index contributed by atoms with van der Waals surface area (Å²) in [5, 5.41) is 13.7. The molecule has 1 fully saturated rings. The quantitative estimate of drug-likeness (QED) is 0.766. The number of aromatic nitrogens is 2. The molecule has 5 nitrogen and oxygen atoms in total. The number of fused-ring (bicyclic) bond motifs is 3. The van der Waals surface area contributed by atoms with E-state index in [9.17, 15) is 10.1 Å². The first-order valence-electron chi connectivity index (χ1n) is 9.97. The van der Waals surface area contributed by atoms with E-state index < -0.39 is 0 Å². The van der Waals surface area contributed by atoms with Crippen LogP contribution in [-0.4, -0.2) is 21.5 Å². The topological polar surface area (TPSA) is 70.7 Å². The number of benzene rings is 1. The molecule has 3 aromatic rings. The summed E-state index contributed by atoms with van der Waals surface area (Å²) < 4.78 is 2.34. The Kier molecular flexibility index (Phi) is 4.12. The minimum atomic E-state index is 0.181. The van der Waals surface area contributed by atoms with Crippen molar-refractivity contribution in [3.63, 3.8) is 0 Å². The zero-order valence-electron chi connectivity index (χ0n) is 15.7. The predicted molar refractivity (Wildman–Crippen MR) is 107 cm³/mol. The normalized spacial score (nSPS) is 18.5. The number of hydrogen-bond acceptors (Lipinski definition) is 3. The van der Waals surface area contributed by atoms with Crippen LogP contribution >= 0.6 is 0 Å². The maximum Gasteiger partial charge on any atom is 0.223 e. The molecule has 1 atom stereocenters. The summed E-state index contributed by atoms with van der Waals surface area (Å²) in [5.41, 5.74) is 5.43. The zero-order valence-corrected chi connectivity index (χ0v) is 15.7. The molecule has 2 aliphatic carbocycles. The monoisotopic (exact) mass is 370 g/mol. The molecule has 0 radical (unpaired) electrons. The van der Waals surface area contributed by atoms with E-state index in [1.807, 2.05) is 42.6 Å². The average molecular weight is 370 g/mol. The maximum atomic E-state index is 12.2. The van der Waals surface area contributed by atoms with Gasteiger partial charge in [-0.15, -0.1) is 0 Å². The second-order valence-corrected chi connectivity index (χ2v) is 7.90. The number of hydrogen-bond donors (Lipinski definition) is 1. The first kappa shape index (κ1) is 17.0. The molecule has 1 aromatic carbocycles. The van der Waals surface area contributed by atoms with Crippen LogP contribution in [0.25, 0.3) is 10.9 Å². The average Bonchev–Trinajstić information content (AvgIpc) is 3.54. The first-order chi connectivity index (χ1) is 13.7. The van der Waals surface area contributed by atoms with Crippen LogP contribution < -0.4 is 5.32 Å². The SMILES string of the molecule is N#Cc1ccc2c(c1)c1c(n2Cc2ccccn2)CC[C@@H](NC(=O)C2CC2)C1. The summed E-state index contributed by atoms with van der Waals surface area (Å²) in [4.78, 5) is 16.7. The fourth-order valence-electron chi connectivity index (χ4n) is 4.34. The van der Waals surface area contributed by atoms with E-state index in [4.69, 9.17) is 0 Å². The molecule has 1 N–H and O–H groups in total. The third-order valence-electron chi connectivity index (χ3n) is 5.94. The molecule has 5 rings (SSSR count). The number of rotatable bonds is 4. The van der Waals surface area contributed by atoms with Gasteiger partial charge in [0.1, 0.15) is 0 Å². The molecular weight excluding hydrogens is 348 g/mol. The summed E-state index contributed by atoms with van der Waals surface area (Å²) in [6.07, 6.45) is 6.58. The van der Waals surface area contributed by atoms with Crippen LogP contribution in [0.4, 0.5) is 0 Å². The van der Waals surface area contributed by atoms with Crippen LogP contribution in [0.3, 0.4) is 0 Å². The molecule has 2 heterocycles. The molecule has 0 spiro atoms. The summed E-state index contributed by atoms with van der Waals surface area (Å²) in [6, 6.07) is 14.4. The minimum absolute atomic E-state index is 0.181. The van der Waals surface area contributed by atoms with Gasteiger partial charge in [-0.05, 0) is 68.0 Å². The Balaban J connectivity index is 1.54. The summed E-state index contributed by atoms with van der Waals surface area (Å²) in [5.74, 6) is 0.445. The standard InChI is InChI=1S/C23H22N4O/c24-13-15-4-8-21-19(11-15)20-12-17(26-23(28)16-5-6-16)7-9-22(20)27(21)14-18-3-1-2-10-25-18/h1-4,8,10-11,16-17H,5-7,9,12,14H2,(H,26,28)/t17-/m1/s1. The molecule has 2 aliphatic rings. The minimum Gasteiger partial charge on any atom is -0.353 e. The van der Waals surface area contributed by atoms with E-state index in [0.717, 1.165) is 55.2 Å². The van der Waals surface area contributed by atoms with Crippen LogP contribution in [0.1, 0.15) is 41.8 Å². The van der Waals surface area contributed by atoms with Gasteiger partial charge < -0.3 is 9.88 Å². The van der Waals surface area contributed by atoms with Crippen molar-refractivity contribution in [3.8, 4) is 6.07 Å². The van der Waals surface area contributed by atoms with Gasteiger partial charge in [-0.25, -0.2) is 0 Å². The molecule has 1 amide bonds. The van der Waals surface area contributed by atoms with Gasteiger partial charge in [-0.3, -0.25) is 9.78 Å². The lowest BCUT2D eigenvalue weighted by atomic mass is 9.91. The van der Waals surface area contributed by atoms with Crippen LogP contribution in [0.5, 0.6) is 0 Å². The number of nitrogens with one attached hydrogen (secondary N) is 1. The van der Waals surface area contributed by atoms with Crippen LogP contribution in [0, 0.1) is 17.2 Å². The Morgan fingerprint density at radius 2 is 2.14 bits per heavy atom. The fourth-order valence-corrected chi connectivity index (χ4v) is 4.34. The van der Waals surface area contributed by atoms with Crippen molar-refractivity contribution < 1.29 is 4.79 Å². The van der Waals surface area contributed by atoms with Crippen molar-refractivity contribution in [2.24, 2.45) is 5.92 Å². The third kappa shape index (κ3) is 3.05. The molecule has 2 aromatic heterocycles. The Bertz CT molecular complexity index is 1090. The van der Waals surface area contributed by atoms with Crippen LogP contribution in [-0.2, 0) is 24.2 Å². The van der Waals surface area contributed by atoms with Crippen molar-refractivity contribution >= 4 is 16.8 Å². The highest BCUT2D eigenvalue weighted by atomic mass is 16.2. The highest BCUT2D eigenvalue weighted by Gasteiger charge is 2.33. The van der Waals surface area contributed by atoms with Gasteiger partial charge in [0.05, 0.1) is 23.9 Å². The fraction of sp³-hybridized carbons (Fsp3) is 0.348. The van der Waals surface area contributed by atoms with E-state index in [2.05, 4.69) is 20.9 Å². The Morgan fingerprint density at radius 1 is 1.25 bits per heavy atom. The lowest BCUT2D eigenvalue weighted by Crippen LogP contribution is -2.39. The van der Waals surface area contributed by atoms with Gasteiger partial charge in [0.2, 0.25) is 5.91 Å². The molecule has 0 unspecified atom stereocenters. The predicted octanol–water partition coefficient (Wildman–Crippen LogP) is 3.34. The molecular formula is C23H22N4O. The van der Waals surface area contributed by atoms with Crippen molar-refractivity contribution in [2.75, 3.05) is 0 Å². The van der Waals surface area contributed by atoms with Gasteiger partial charge in [-0.1, -0.05) is 6.07 Å². The highest BCUT2D eigenvalue weighted by Crippen LogP contribution is 2.34. The highest BCUT2D eigenvalue weighted by molar-refractivity contribution is 5.87. The van der Waals surface area contributed by atoms with Crippen LogP contribution in [0.2, 0.25) is 0 Å². The number of carbonyl (C=O) groups is 1. The van der Waals surface area contributed by atoms with Crippen molar-refractivity contribution in [1.29, 1.82) is 5.26 Å². The van der Waals surface area contributed by atoms with Crippen molar-refractivity contribution in [1.82, 2.24) is 14.9 Å². The van der Waals surface area contributed by atoms with E-state index in [-0.39, 0.29) is 17.9 Å². The lowest BCUT2D eigenvalue weighted by Gasteiger charge is -2.25. The van der Waals surface area contributed by atoms with Gasteiger partial charge in [0.25, 0.3) is 0 Å². The Hall–Kier alpha value is -3.13. The molecule has 28 heavy (non-hydrogen) atoms. The van der Waals surface area contributed by atoms with Crippen molar-refractivity contribution in [3.05, 3.63) is 65.1 Å². The van der Waals surface area contributed by atoms with E-state index >= 15 is 0 Å². The number of carbonyl (C=O) groups excluding carboxylic acids is 1. The van der Waals surface area contributed by atoms with Gasteiger partial charge in [-0.2, -0.15) is 5.26 Å². The Labute approximate surface area is 164 Å². The van der Waals surface area contributed by atoms with E-state index in [1.54, 1.807) is 0 Å². The number of nitriles is 1. The first-order valence-corrected chi connectivity index (χ1v) is 9.97. The largest absolute Gasteiger partial charge is 0.353 e. The van der Waals surface area contributed by atoms with Gasteiger partial charge in [0.15, 0.2) is 0 Å². The number of amides is 1. The summed E-state index contributed by atoms with van der Waals surface area (Å²) in [7, 11) is 0. The number of pyridine rings is 1. The molecule has 140 valence electrons. The smallest absolute Gasteiger partial charge is 0.223 e. The Morgan fingerprint density at radius 3 is 2.89 bits per heavy atom. The second-order valence-electron chi connectivity index (χ2n) is 7.90. The molecule has 5 heteroatoms. The lowest BCUT2D eigenvalue weighted by molar-refractivity contribution is -0.123. The van der Waals surface area contributed by atoms with E-state index in [0.29, 0.717) is 5.56 Å². The van der Waals surface area contributed by atoms with E-state index in [1.165, 1.54) is 11.3 Å². The zero-order chi connectivity index (χ0) is 19.1. The maximum absolute atomic E-state index is 12.2. The number of nitrogens with zero attached hydrogens (tertiary/aromatic N) is 3. The second kappa shape index (κ2) is 6.79. The molecule has 0 saturated heterocycles. The van der Waals surface area contributed by atoms with Gasteiger partial charge in [0, 0.05) is 34.8 Å². The third-order valence-corrected chi connectivity index (χ3v) is 5.94. The molecule has 0 aliphatic heterocycles. The summed E-state index contributed by atoms with van der Waals surface area (Å²) in [6.45, 7) is 0.720. The molecule has 1 saturated carbocycles. The molecule has 0 bridgehead atoms.